The van der Waals surface area contributed by atoms with Crippen LogP contribution >= 0.6 is 0 Å². The summed E-state index contributed by atoms with van der Waals surface area (Å²) in [6.07, 6.45) is -4.69. The number of rotatable bonds is 3. The first-order chi connectivity index (χ1) is 8.36. The molecule has 0 unspecified atom stereocenters. The molecule has 0 atom stereocenters. The summed E-state index contributed by atoms with van der Waals surface area (Å²) in [6.45, 7) is -0.106. The summed E-state index contributed by atoms with van der Waals surface area (Å²) in [5.74, 6) is -1.03. The normalized spacial score (nSPS) is 11.1. The van der Waals surface area contributed by atoms with Crippen LogP contribution in [0, 0.1) is 0 Å². The zero-order chi connectivity index (χ0) is 13.8. The highest BCUT2D eigenvalue weighted by atomic mass is 19.4. The largest absolute Gasteiger partial charge is 0.505 e. The first-order valence-electron chi connectivity index (χ1n) is 4.79. The SMILES string of the molecule is COCNC(=O)Nc1cccc(C(F)(F)F)c1O. The van der Waals surface area contributed by atoms with Gasteiger partial charge in [0.1, 0.15) is 6.73 Å². The second-order valence-corrected chi connectivity index (χ2v) is 3.26. The number of phenolic OH excluding ortho intramolecular Hbond substituents is 1. The number of benzene rings is 1. The second-order valence-electron chi connectivity index (χ2n) is 3.26. The highest BCUT2D eigenvalue weighted by Crippen LogP contribution is 2.39. The third-order valence-corrected chi connectivity index (χ3v) is 1.97. The van der Waals surface area contributed by atoms with Gasteiger partial charge in [-0.15, -0.1) is 0 Å². The predicted molar refractivity (Wildman–Crippen MR) is 57.1 cm³/mol. The number of amides is 2. The Morgan fingerprint density at radius 2 is 2.11 bits per heavy atom. The Hall–Kier alpha value is -1.96. The van der Waals surface area contributed by atoms with Crippen LogP contribution in [0.2, 0.25) is 0 Å². The van der Waals surface area contributed by atoms with E-state index in [1.165, 1.54) is 7.11 Å². The Kier molecular flexibility index (Phi) is 4.38. The van der Waals surface area contributed by atoms with Crippen molar-refractivity contribution in [1.29, 1.82) is 0 Å². The smallest absolute Gasteiger partial charge is 0.420 e. The number of para-hydroxylation sites is 1. The van der Waals surface area contributed by atoms with Gasteiger partial charge in [0.15, 0.2) is 5.75 Å². The van der Waals surface area contributed by atoms with Gasteiger partial charge in [-0.25, -0.2) is 4.79 Å². The van der Waals surface area contributed by atoms with E-state index in [1.807, 2.05) is 0 Å². The number of carbonyl (C=O) groups excluding carboxylic acids is 1. The Morgan fingerprint density at radius 1 is 1.44 bits per heavy atom. The molecule has 0 aromatic heterocycles. The standard InChI is InChI=1S/C10H11F3N2O3/c1-18-5-14-9(17)15-7-4-2-3-6(8(7)16)10(11,12)13/h2-4,16H,5H2,1H3,(H2,14,15,17). The number of phenols is 1. The second kappa shape index (κ2) is 5.58. The van der Waals surface area contributed by atoms with Crippen LogP contribution in [-0.4, -0.2) is 25.0 Å². The topological polar surface area (TPSA) is 70.6 Å². The van der Waals surface area contributed by atoms with E-state index >= 15 is 0 Å². The van der Waals surface area contributed by atoms with Crippen LogP contribution in [0.3, 0.4) is 0 Å². The van der Waals surface area contributed by atoms with Gasteiger partial charge in [-0.3, -0.25) is 0 Å². The van der Waals surface area contributed by atoms with Crippen LogP contribution in [0.4, 0.5) is 23.7 Å². The van der Waals surface area contributed by atoms with Crippen LogP contribution in [0.15, 0.2) is 18.2 Å². The molecule has 0 fully saturated rings. The van der Waals surface area contributed by atoms with Crippen molar-refractivity contribution in [2.75, 3.05) is 19.2 Å². The van der Waals surface area contributed by atoms with Crippen molar-refractivity contribution in [1.82, 2.24) is 5.32 Å². The van der Waals surface area contributed by atoms with Crippen molar-refractivity contribution in [3.63, 3.8) is 0 Å². The van der Waals surface area contributed by atoms with Crippen molar-refractivity contribution in [2.45, 2.75) is 6.18 Å². The molecule has 3 N–H and O–H groups in total. The molecule has 0 aliphatic heterocycles. The molecule has 0 bridgehead atoms. The van der Waals surface area contributed by atoms with Gasteiger partial charge in [0.25, 0.3) is 0 Å². The summed E-state index contributed by atoms with van der Waals surface area (Å²) in [6, 6.07) is 2.16. The Morgan fingerprint density at radius 3 is 2.67 bits per heavy atom. The zero-order valence-corrected chi connectivity index (χ0v) is 9.34. The van der Waals surface area contributed by atoms with Crippen molar-refractivity contribution >= 4 is 11.7 Å². The summed E-state index contributed by atoms with van der Waals surface area (Å²) < 4.78 is 41.9. The number of hydrogen-bond donors (Lipinski definition) is 3. The Balaban J connectivity index is 2.88. The van der Waals surface area contributed by atoms with Crippen molar-refractivity contribution in [3.05, 3.63) is 23.8 Å². The van der Waals surface area contributed by atoms with Gasteiger partial charge in [0, 0.05) is 7.11 Å². The van der Waals surface area contributed by atoms with Gasteiger partial charge in [-0.05, 0) is 12.1 Å². The molecule has 1 rings (SSSR count). The molecule has 5 nitrogen and oxygen atoms in total. The number of aromatic hydroxyl groups is 1. The number of halogens is 3. The molecule has 18 heavy (non-hydrogen) atoms. The van der Waals surface area contributed by atoms with E-state index in [2.05, 4.69) is 15.4 Å². The Labute approximate surface area is 101 Å². The molecule has 0 saturated carbocycles. The lowest BCUT2D eigenvalue weighted by Gasteiger charge is -2.13. The van der Waals surface area contributed by atoms with Crippen LogP contribution in [0.1, 0.15) is 5.56 Å². The van der Waals surface area contributed by atoms with Gasteiger partial charge in [0.05, 0.1) is 11.3 Å². The van der Waals surface area contributed by atoms with Crippen LogP contribution in [0.25, 0.3) is 0 Å². The molecular weight excluding hydrogens is 253 g/mol. The first kappa shape index (κ1) is 14.1. The number of ether oxygens (including phenoxy) is 1. The fourth-order valence-electron chi connectivity index (χ4n) is 1.18. The molecular formula is C10H11F3N2O3. The molecule has 8 heteroatoms. The number of alkyl halides is 3. The highest BCUT2D eigenvalue weighted by molar-refractivity contribution is 5.91. The van der Waals surface area contributed by atoms with Gasteiger partial charge in [-0.2, -0.15) is 13.2 Å². The quantitative estimate of drug-likeness (QED) is 0.578. The molecule has 0 radical (unpaired) electrons. The number of urea groups is 1. The summed E-state index contributed by atoms with van der Waals surface area (Å²) in [5, 5.41) is 13.7. The average molecular weight is 264 g/mol. The lowest BCUT2D eigenvalue weighted by molar-refractivity contribution is -0.138. The third kappa shape index (κ3) is 3.52. The predicted octanol–water partition coefficient (Wildman–Crippen LogP) is 2.14. The van der Waals surface area contributed by atoms with Crippen LogP contribution in [-0.2, 0) is 10.9 Å². The molecule has 2 amide bonds. The summed E-state index contributed by atoms with van der Waals surface area (Å²) >= 11 is 0. The van der Waals surface area contributed by atoms with Crippen molar-refractivity contribution in [2.24, 2.45) is 0 Å². The maximum absolute atomic E-state index is 12.5. The summed E-state index contributed by atoms with van der Waals surface area (Å²) in [5.41, 5.74) is -1.55. The number of nitrogens with one attached hydrogen (secondary N) is 2. The number of methoxy groups -OCH3 is 1. The fourth-order valence-corrected chi connectivity index (χ4v) is 1.18. The maximum atomic E-state index is 12.5. The minimum absolute atomic E-state index is 0.106. The molecule has 0 heterocycles. The van der Waals surface area contributed by atoms with Crippen LogP contribution < -0.4 is 10.6 Å². The minimum atomic E-state index is -4.69. The number of carbonyl (C=O) groups is 1. The van der Waals surface area contributed by atoms with E-state index in [-0.39, 0.29) is 12.4 Å². The minimum Gasteiger partial charge on any atom is -0.505 e. The average Bonchev–Trinajstić information content (AvgIpc) is 2.27. The molecule has 1 aromatic carbocycles. The van der Waals surface area contributed by atoms with E-state index in [4.69, 9.17) is 0 Å². The van der Waals surface area contributed by atoms with Gasteiger partial charge in [-0.1, -0.05) is 6.07 Å². The summed E-state index contributed by atoms with van der Waals surface area (Å²) in [4.78, 5) is 11.2. The van der Waals surface area contributed by atoms with Gasteiger partial charge < -0.3 is 20.5 Å². The lowest BCUT2D eigenvalue weighted by Crippen LogP contribution is -2.30. The molecule has 1 aromatic rings. The number of hydrogen-bond acceptors (Lipinski definition) is 3. The fraction of sp³-hybridized carbons (Fsp3) is 0.300. The molecule has 100 valence electrons. The zero-order valence-electron chi connectivity index (χ0n) is 9.34. The number of anilines is 1. The van der Waals surface area contributed by atoms with Gasteiger partial charge >= 0.3 is 12.2 Å². The molecule has 0 saturated heterocycles. The first-order valence-corrected chi connectivity index (χ1v) is 4.79. The van der Waals surface area contributed by atoms with Gasteiger partial charge in [0.2, 0.25) is 0 Å². The molecule has 0 aliphatic carbocycles. The lowest BCUT2D eigenvalue weighted by atomic mass is 10.1. The van der Waals surface area contributed by atoms with Crippen LogP contribution in [0.5, 0.6) is 5.75 Å². The van der Waals surface area contributed by atoms with Crippen molar-refractivity contribution < 1.29 is 27.8 Å². The molecule has 0 spiro atoms. The summed E-state index contributed by atoms with van der Waals surface area (Å²) in [7, 11) is 1.34. The van der Waals surface area contributed by atoms with E-state index < -0.39 is 23.5 Å². The van der Waals surface area contributed by atoms with E-state index in [0.717, 1.165) is 12.1 Å². The van der Waals surface area contributed by atoms with E-state index in [0.29, 0.717) is 6.07 Å². The van der Waals surface area contributed by atoms with Crippen molar-refractivity contribution in [3.8, 4) is 5.75 Å². The third-order valence-electron chi connectivity index (χ3n) is 1.97. The maximum Gasteiger partial charge on any atom is 0.420 e. The monoisotopic (exact) mass is 264 g/mol. The van der Waals surface area contributed by atoms with E-state index in [1.54, 1.807) is 0 Å². The highest BCUT2D eigenvalue weighted by Gasteiger charge is 2.34. The molecule has 0 aliphatic rings. The van der Waals surface area contributed by atoms with E-state index in [9.17, 15) is 23.1 Å². The Bertz CT molecular complexity index is 435.